The van der Waals surface area contributed by atoms with Gasteiger partial charge in [-0.05, 0) is 71.8 Å². The van der Waals surface area contributed by atoms with Crippen LogP contribution in [-0.4, -0.2) is 19.1 Å². The number of aromatic nitrogens is 4. The molecule has 0 unspecified atom stereocenters. The van der Waals surface area contributed by atoms with E-state index in [9.17, 15) is 0 Å². The van der Waals surface area contributed by atoms with Crippen LogP contribution >= 0.6 is 0 Å². The number of hydrogen-bond acceptors (Lipinski definition) is 2. The van der Waals surface area contributed by atoms with E-state index in [0.717, 1.165) is 27.9 Å². The molecule has 0 radical (unpaired) electrons. The van der Waals surface area contributed by atoms with Gasteiger partial charge in [0.15, 0.2) is 5.82 Å². The second-order valence-corrected chi connectivity index (χ2v) is 10.7. The highest BCUT2D eigenvalue weighted by Crippen LogP contribution is 2.38. The summed E-state index contributed by atoms with van der Waals surface area (Å²) in [6.07, 6.45) is 1.87. The first-order valence-corrected chi connectivity index (χ1v) is 14.2. The fourth-order valence-electron chi connectivity index (χ4n) is 6.46. The maximum absolute atomic E-state index is 4.99. The van der Waals surface area contributed by atoms with Crippen LogP contribution in [0.25, 0.3) is 77.3 Å². The van der Waals surface area contributed by atoms with Gasteiger partial charge in [-0.15, -0.1) is 0 Å². The zero-order valence-corrected chi connectivity index (χ0v) is 22.6. The molecule has 0 aliphatic heterocycles. The molecule has 0 aliphatic carbocycles. The second-order valence-electron chi connectivity index (χ2n) is 10.7. The van der Waals surface area contributed by atoms with Gasteiger partial charge in [0.05, 0.1) is 39.3 Å². The van der Waals surface area contributed by atoms with Gasteiger partial charge in [0.2, 0.25) is 0 Å². The molecule has 196 valence electrons. The van der Waals surface area contributed by atoms with Gasteiger partial charge in [-0.2, -0.15) is 0 Å². The Morgan fingerprint density at radius 2 is 0.929 bits per heavy atom. The molecule has 6 aromatic carbocycles. The van der Waals surface area contributed by atoms with Crippen LogP contribution in [0.5, 0.6) is 0 Å². The predicted octanol–water partition coefficient (Wildman–Crippen LogP) is 9.49. The summed E-state index contributed by atoms with van der Waals surface area (Å²) < 4.78 is 4.58. The first-order chi connectivity index (χ1) is 20.8. The van der Waals surface area contributed by atoms with Gasteiger partial charge >= 0.3 is 0 Å². The lowest BCUT2D eigenvalue weighted by molar-refractivity contribution is 1.07. The van der Waals surface area contributed by atoms with Crippen molar-refractivity contribution in [3.05, 3.63) is 146 Å². The number of rotatable bonds is 3. The maximum Gasteiger partial charge on any atom is 0.156 e. The van der Waals surface area contributed by atoms with E-state index in [0.29, 0.717) is 0 Å². The average Bonchev–Trinajstić information content (AvgIpc) is 3.57. The third kappa shape index (κ3) is 3.36. The normalized spacial score (nSPS) is 11.8. The summed E-state index contributed by atoms with van der Waals surface area (Å²) in [4.78, 5) is 9.70. The summed E-state index contributed by atoms with van der Waals surface area (Å²) in [5.74, 6) is 0.822. The van der Waals surface area contributed by atoms with Gasteiger partial charge in [0.1, 0.15) is 0 Å². The second kappa shape index (κ2) is 8.88. The molecular formula is C38H24N4. The first kappa shape index (κ1) is 23.0. The van der Waals surface area contributed by atoms with Gasteiger partial charge in [-0.3, -0.25) is 9.55 Å². The van der Waals surface area contributed by atoms with Crippen LogP contribution in [0.15, 0.2) is 146 Å². The molecule has 9 aromatic rings. The lowest BCUT2D eigenvalue weighted by Gasteiger charge is -2.09. The first-order valence-electron chi connectivity index (χ1n) is 14.2. The fourth-order valence-corrected chi connectivity index (χ4v) is 6.46. The van der Waals surface area contributed by atoms with Crippen molar-refractivity contribution in [2.24, 2.45) is 0 Å². The van der Waals surface area contributed by atoms with Crippen LogP contribution in [-0.2, 0) is 0 Å². The lowest BCUT2D eigenvalue weighted by Crippen LogP contribution is -1.99. The molecule has 0 N–H and O–H groups in total. The van der Waals surface area contributed by atoms with Crippen molar-refractivity contribution >= 4 is 54.6 Å². The summed E-state index contributed by atoms with van der Waals surface area (Å²) >= 11 is 0. The molecule has 0 atom stereocenters. The van der Waals surface area contributed by atoms with E-state index in [1.165, 1.54) is 49.4 Å². The molecule has 3 aromatic heterocycles. The van der Waals surface area contributed by atoms with Crippen LogP contribution in [0.4, 0.5) is 0 Å². The molecule has 42 heavy (non-hydrogen) atoms. The third-order valence-electron chi connectivity index (χ3n) is 8.36. The minimum absolute atomic E-state index is 0.822. The minimum atomic E-state index is 0.822. The van der Waals surface area contributed by atoms with E-state index in [4.69, 9.17) is 9.97 Å². The smallest absolute Gasteiger partial charge is 0.156 e. The van der Waals surface area contributed by atoms with Gasteiger partial charge in [0, 0.05) is 27.2 Å². The molecule has 4 nitrogen and oxygen atoms in total. The van der Waals surface area contributed by atoms with E-state index < -0.39 is 0 Å². The van der Waals surface area contributed by atoms with Gasteiger partial charge in [0.25, 0.3) is 0 Å². The molecule has 3 heterocycles. The lowest BCUT2D eigenvalue weighted by atomic mass is 10.0. The maximum atomic E-state index is 4.99. The topological polar surface area (TPSA) is 35.6 Å². The quantitative estimate of drug-likeness (QED) is 0.225. The van der Waals surface area contributed by atoms with E-state index in [1.54, 1.807) is 0 Å². The van der Waals surface area contributed by atoms with Crippen molar-refractivity contribution in [3.8, 4) is 22.6 Å². The zero-order chi connectivity index (χ0) is 27.6. The Bertz CT molecular complexity index is 2470. The molecule has 0 amide bonds. The van der Waals surface area contributed by atoms with Crippen molar-refractivity contribution in [2.75, 3.05) is 0 Å². The Morgan fingerprint density at radius 1 is 0.405 bits per heavy atom. The highest BCUT2D eigenvalue weighted by Gasteiger charge is 2.16. The molecule has 4 heteroatoms. The van der Waals surface area contributed by atoms with E-state index in [2.05, 4.69) is 124 Å². The van der Waals surface area contributed by atoms with E-state index in [-0.39, 0.29) is 0 Å². The number of hydrogen-bond donors (Lipinski definition) is 0. The monoisotopic (exact) mass is 536 g/mol. The van der Waals surface area contributed by atoms with Crippen molar-refractivity contribution in [3.63, 3.8) is 0 Å². The Kier molecular flexibility index (Phi) is 4.87. The van der Waals surface area contributed by atoms with E-state index in [1.807, 2.05) is 30.5 Å². The zero-order valence-electron chi connectivity index (χ0n) is 22.6. The molecular weight excluding hydrogens is 512 g/mol. The van der Waals surface area contributed by atoms with Crippen LogP contribution in [0.1, 0.15) is 0 Å². The van der Waals surface area contributed by atoms with Gasteiger partial charge < -0.3 is 4.57 Å². The summed E-state index contributed by atoms with van der Waals surface area (Å²) in [5.41, 5.74) is 10.00. The highest BCUT2D eigenvalue weighted by molar-refractivity contribution is 6.12. The summed E-state index contributed by atoms with van der Waals surface area (Å²) in [5, 5.41) is 4.91. The largest absolute Gasteiger partial charge is 0.309 e. The molecule has 9 rings (SSSR count). The number of benzene rings is 6. The average molecular weight is 537 g/mol. The van der Waals surface area contributed by atoms with E-state index >= 15 is 0 Å². The van der Waals surface area contributed by atoms with Gasteiger partial charge in [-0.1, -0.05) is 78.9 Å². The number of nitrogens with zero attached hydrogens (tertiary/aromatic N) is 4. The number of para-hydroxylation sites is 5. The van der Waals surface area contributed by atoms with Crippen molar-refractivity contribution < 1.29 is 0 Å². The summed E-state index contributed by atoms with van der Waals surface area (Å²) in [6, 6.07) is 49.5. The summed E-state index contributed by atoms with van der Waals surface area (Å²) in [7, 11) is 0. The fraction of sp³-hybridized carbons (Fsp3) is 0. The molecule has 0 spiro atoms. The van der Waals surface area contributed by atoms with Crippen LogP contribution in [0, 0.1) is 0 Å². The van der Waals surface area contributed by atoms with Crippen LogP contribution in [0.3, 0.4) is 0 Å². The van der Waals surface area contributed by atoms with Gasteiger partial charge in [-0.25, -0.2) is 4.98 Å². The summed E-state index contributed by atoms with van der Waals surface area (Å²) in [6.45, 7) is 0. The molecule has 0 bridgehead atoms. The Morgan fingerprint density at radius 3 is 1.62 bits per heavy atom. The Labute approximate surface area is 241 Å². The standard InChI is InChI=1S/C38H24N4/c1-2-10-27(11-3-1)41-34-16-8-4-12-28(34)30-22-25(18-20-36(30)41)26-19-21-37-31(23-26)29-13-5-9-17-35(29)42(37)38-24-39-32-14-6-7-15-33(32)40-38/h1-24H. The molecule has 0 saturated carbocycles. The van der Waals surface area contributed by atoms with Crippen LogP contribution < -0.4 is 0 Å². The molecule has 0 saturated heterocycles. The Balaban J connectivity index is 1.26. The molecule has 0 fully saturated rings. The van der Waals surface area contributed by atoms with Crippen molar-refractivity contribution in [2.45, 2.75) is 0 Å². The highest BCUT2D eigenvalue weighted by atomic mass is 15.1. The van der Waals surface area contributed by atoms with Crippen molar-refractivity contribution in [1.82, 2.24) is 19.1 Å². The predicted molar refractivity (Wildman–Crippen MR) is 174 cm³/mol. The molecule has 0 aliphatic rings. The Hall–Kier alpha value is -5.74. The number of fused-ring (bicyclic) bond motifs is 7. The third-order valence-corrected chi connectivity index (χ3v) is 8.36. The van der Waals surface area contributed by atoms with Crippen molar-refractivity contribution in [1.29, 1.82) is 0 Å². The SMILES string of the molecule is c1ccc(-n2c3ccccc3c3cc(-c4ccc5c(c4)c4ccccc4n5-c4cnc5ccccc5n4)ccc32)cc1. The van der Waals surface area contributed by atoms with Crippen LogP contribution in [0.2, 0.25) is 0 Å². The minimum Gasteiger partial charge on any atom is -0.309 e.